The van der Waals surface area contributed by atoms with Crippen LogP contribution in [0.25, 0.3) is 0 Å². The molecular formula is C17H18ClN3O. The van der Waals surface area contributed by atoms with Gasteiger partial charge in [0, 0.05) is 29.0 Å². The minimum absolute atomic E-state index is 0.220. The van der Waals surface area contributed by atoms with Crippen molar-refractivity contribution >= 4 is 29.0 Å². The number of anilines is 2. The van der Waals surface area contributed by atoms with Gasteiger partial charge in [0.1, 0.15) is 0 Å². The van der Waals surface area contributed by atoms with Gasteiger partial charge in [-0.2, -0.15) is 0 Å². The van der Waals surface area contributed by atoms with Crippen LogP contribution in [0.1, 0.15) is 12.0 Å². The number of rotatable bonds is 3. The van der Waals surface area contributed by atoms with E-state index in [4.69, 9.17) is 11.6 Å². The predicted octanol–water partition coefficient (Wildman–Crippen LogP) is 3.89. The summed E-state index contributed by atoms with van der Waals surface area (Å²) in [6, 6.07) is 15.4. The highest BCUT2D eigenvalue weighted by Crippen LogP contribution is 2.23. The number of halogens is 1. The molecule has 22 heavy (non-hydrogen) atoms. The molecule has 0 spiro atoms. The van der Waals surface area contributed by atoms with Crippen molar-refractivity contribution in [3.05, 3.63) is 59.1 Å². The van der Waals surface area contributed by atoms with Crippen molar-refractivity contribution in [1.29, 1.82) is 0 Å². The van der Waals surface area contributed by atoms with Crippen molar-refractivity contribution in [2.24, 2.45) is 0 Å². The first kappa shape index (κ1) is 14.7. The molecule has 1 heterocycles. The summed E-state index contributed by atoms with van der Waals surface area (Å²) < 4.78 is 0. The third-order valence-electron chi connectivity index (χ3n) is 3.73. The zero-order valence-corrected chi connectivity index (χ0v) is 12.9. The summed E-state index contributed by atoms with van der Waals surface area (Å²) in [5, 5.41) is 9.74. The van der Waals surface area contributed by atoms with Gasteiger partial charge < -0.3 is 16.0 Å². The van der Waals surface area contributed by atoms with Gasteiger partial charge in [0.2, 0.25) is 0 Å². The fourth-order valence-electron chi connectivity index (χ4n) is 2.61. The molecule has 0 aromatic heterocycles. The Kier molecular flexibility index (Phi) is 4.49. The molecule has 1 aliphatic rings. The molecule has 2 amide bonds. The van der Waals surface area contributed by atoms with Crippen LogP contribution in [0.3, 0.4) is 0 Å². The quantitative estimate of drug-likeness (QED) is 0.805. The molecule has 3 N–H and O–H groups in total. The lowest BCUT2D eigenvalue weighted by molar-refractivity contribution is 0.251. The van der Waals surface area contributed by atoms with Gasteiger partial charge in [0.15, 0.2) is 0 Å². The molecule has 0 saturated heterocycles. The van der Waals surface area contributed by atoms with Crippen LogP contribution in [0, 0.1) is 0 Å². The van der Waals surface area contributed by atoms with E-state index in [1.165, 1.54) is 5.56 Å². The van der Waals surface area contributed by atoms with Crippen molar-refractivity contribution < 1.29 is 4.79 Å². The molecule has 4 nitrogen and oxygen atoms in total. The van der Waals surface area contributed by atoms with Gasteiger partial charge in [-0.15, -0.1) is 0 Å². The highest BCUT2D eigenvalue weighted by molar-refractivity contribution is 6.30. The summed E-state index contributed by atoms with van der Waals surface area (Å²) in [5.74, 6) is 0. The molecule has 0 bridgehead atoms. The Labute approximate surface area is 134 Å². The molecule has 3 rings (SSSR count). The van der Waals surface area contributed by atoms with Gasteiger partial charge in [-0.05, 0) is 42.7 Å². The Bertz CT molecular complexity index is 674. The van der Waals surface area contributed by atoms with Crippen LogP contribution in [-0.2, 0) is 6.42 Å². The number of fused-ring (bicyclic) bond motifs is 1. The summed E-state index contributed by atoms with van der Waals surface area (Å²) in [5.41, 5.74) is 3.19. The van der Waals surface area contributed by atoms with E-state index >= 15 is 0 Å². The smallest absolute Gasteiger partial charge is 0.319 e. The van der Waals surface area contributed by atoms with Crippen LogP contribution in [-0.4, -0.2) is 18.6 Å². The van der Waals surface area contributed by atoms with Crippen molar-refractivity contribution in [1.82, 2.24) is 5.32 Å². The fourth-order valence-corrected chi connectivity index (χ4v) is 2.80. The number of aryl methyl sites for hydroxylation is 1. The summed E-state index contributed by atoms with van der Waals surface area (Å²) in [6.07, 6.45) is 2.04. The van der Waals surface area contributed by atoms with Crippen LogP contribution in [0.5, 0.6) is 0 Å². The second kappa shape index (κ2) is 6.71. The second-order valence-electron chi connectivity index (χ2n) is 5.38. The largest absolute Gasteiger partial charge is 0.380 e. The number of nitrogens with one attached hydrogen (secondary N) is 3. The van der Waals surface area contributed by atoms with Crippen molar-refractivity contribution in [3.63, 3.8) is 0 Å². The minimum atomic E-state index is -0.220. The number of hydrogen-bond acceptors (Lipinski definition) is 2. The van der Waals surface area contributed by atoms with E-state index in [1.54, 1.807) is 24.3 Å². The number of urea groups is 1. The lowest BCUT2D eigenvalue weighted by Crippen LogP contribution is -2.40. The lowest BCUT2D eigenvalue weighted by atomic mass is 9.98. The Morgan fingerprint density at radius 3 is 2.95 bits per heavy atom. The zero-order chi connectivity index (χ0) is 15.4. The number of benzene rings is 2. The highest BCUT2D eigenvalue weighted by Gasteiger charge is 2.17. The maximum atomic E-state index is 11.9. The molecule has 0 fully saturated rings. The van der Waals surface area contributed by atoms with Gasteiger partial charge >= 0.3 is 6.03 Å². The summed E-state index contributed by atoms with van der Waals surface area (Å²) in [6.45, 7) is 0.584. The molecule has 114 valence electrons. The highest BCUT2D eigenvalue weighted by atomic mass is 35.5. The Hall–Kier alpha value is -2.20. The zero-order valence-electron chi connectivity index (χ0n) is 12.1. The van der Waals surface area contributed by atoms with Gasteiger partial charge in [-0.1, -0.05) is 35.9 Å². The van der Waals surface area contributed by atoms with Crippen LogP contribution in [0.4, 0.5) is 16.2 Å². The topological polar surface area (TPSA) is 53.2 Å². The number of para-hydroxylation sites is 1. The Balaban J connectivity index is 1.50. The monoisotopic (exact) mass is 315 g/mol. The van der Waals surface area contributed by atoms with Gasteiger partial charge in [0.25, 0.3) is 0 Å². The van der Waals surface area contributed by atoms with Gasteiger partial charge in [-0.25, -0.2) is 4.79 Å². The molecular weight excluding hydrogens is 298 g/mol. The van der Waals surface area contributed by atoms with Crippen LogP contribution in [0.15, 0.2) is 48.5 Å². The second-order valence-corrected chi connectivity index (χ2v) is 5.82. The number of hydrogen-bond donors (Lipinski definition) is 3. The number of carbonyl (C=O) groups excluding carboxylic acids is 1. The predicted molar refractivity (Wildman–Crippen MR) is 90.6 cm³/mol. The summed E-state index contributed by atoms with van der Waals surface area (Å²) in [4.78, 5) is 11.9. The lowest BCUT2D eigenvalue weighted by Gasteiger charge is -2.27. The summed E-state index contributed by atoms with van der Waals surface area (Å²) in [7, 11) is 0. The third kappa shape index (κ3) is 3.71. The first-order valence-electron chi connectivity index (χ1n) is 7.35. The number of carbonyl (C=O) groups is 1. The van der Waals surface area contributed by atoms with E-state index < -0.39 is 0 Å². The van der Waals surface area contributed by atoms with E-state index in [0.717, 1.165) is 18.5 Å². The molecule has 2 aromatic rings. The van der Waals surface area contributed by atoms with Crippen LogP contribution < -0.4 is 16.0 Å². The van der Waals surface area contributed by atoms with E-state index in [0.29, 0.717) is 17.3 Å². The van der Waals surface area contributed by atoms with Gasteiger partial charge in [0.05, 0.1) is 0 Å². The Morgan fingerprint density at radius 1 is 1.23 bits per heavy atom. The first-order chi connectivity index (χ1) is 10.7. The molecule has 5 heteroatoms. The van der Waals surface area contributed by atoms with Crippen molar-refractivity contribution in [2.75, 3.05) is 17.2 Å². The van der Waals surface area contributed by atoms with E-state index in [2.05, 4.69) is 34.1 Å². The van der Waals surface area contributed by atoms with Crippen molar-refractivity contribution in [3.8, 4) is 0 Å². The molecule has 0 saturated carbocycles. The maximum Gasteiger partial charge on any atom is 0.319 e. The molecule has 0 radical (unpaired) electrons. The molecule has 1 aliphatic heterocycles. The van der Waals surface area contributed by atoms with E-state index in [-0.39, 0.29) is 12.1 Å². The van der Waals surface area contributed by atoms with E-state index in [1.807, 2.05) is 6.07 Å². The van der Waals surface area contributed by atoms with Crippen LogP contribution in [0.2, 0.25) is 5.02 Å². The molecule has 2 aromatic carbocycles. The number of amides is 2. The van der Waals surface area contributed by atoms with Gasteiger partial charge in [-0.3, -0.25) is 0 Å². The Morgan fingerprint density at radius 2 is 2.09 bits per heavy atom. The summed E-state index contributed by atoms with van der Waals surface area (Å²) >= 11 is 5.89. The SMILES string of the molecule is O=C(NCC1CCc2ccccc2N1)Nc1cccc(Cl)c1. The average Bonchev–Trinajstić information content (AvgIpc) is 2.53. The normalized spacial score (nSPS) is 16.3. The van der Waals surface area contributed by atoms with Crippen molar-refractivity contribution in [2.45, 2.75) is 18.9 Å². The molecule has 1 unspecified atom stereocenters. The maximum absolute atomic E-state index is 11.9. The minimum Gasteiger partial charge on any atom is -0.380 e. The van der Waals surface area contributed by atoms with E-state index in [9.17, 15) is 4.79 Å². The third-order valence-corrected chi connectivity index (χ3v) is 3.97. The fraction of sp³-hybridized carbons (Fsp3) is 0.235. The molecule has 1 atom stereocenters. The first-order valence-corrected chi connectivity index (χ1v) is 7.73. The van der Waals surface area contributed by atoms with Crippen LogP contribution >= 0.6 is 11.6 Å². The molecule has 0 aliphatic carbocycles. The standard InChI is InChI=1S/C17H18ClN3O/c18-13-5-3-6-14(10-13)21-17(22)19-11-15-9-8-12-4-1-2-7-16(12)20-15/h1-7,10,15,20H,8-9,11H2,(H2,19,21,22). The average molecular weight is 316 g/mol.